The highest BCUT2D eigenvalue weighted by atomic mass is 16.5. The molecule has 2 aliphatic heterocycles. The number of hydrogen-bond donors (Lipinski definition) is 0. The van der Waals surface area contributed by atoms with Crippen molar-refractivity contribution in [2.24, 2.45) is 0 Å². The van der Waals surface area contributed by atoms with E-state index in [1.165, 1.54) is 5.70 Å². The Hall–Kier alpha value is -2.82. The van der Waals surface area contributed by atoms with Gasteiger partial charge in [-0.3, -0.25) is 4.79 Å². The third-order valence-electron chi connectivity index (χ3n) is 5.51. The number of nitrogens with zero attached hydrogens (tertiary/aromatic N) is 3. The second-order valence-electron chi connectivity index (χ2n) is 7.62. The second-order valence-corrected chi connectivity index (χ2v) is 7.62. The summed E-state index contributed by atoms with van der Waals surface area (Å²) in [6.07, 6.45) is 4.26. The molecule has 0 atom stereocenters. The van der Waals surface area contributed by atoms with Gasteiger partial charge in [-0.1, -0.05) is 23.4 Å². The van der Waals surface area contributed by atoms with Gasteiger partial charge < -0.3 is 14.3 Å². The van der Waals surface area contributed by atoms with Gasteiger partial charge in [0.15, 0.2) is 5.76 Å². The quantitative estimate of drug-likeness (QED) is 0.827. The summed E-state index contributed by atoms with van der Waals surface area (Å²) >= 11 is 0. The van der Waals surface area contributed by atoms with Crippen LogP contribution in [-0.4, -0.2) is 36.6 Å². The maximum absolute atomic E-state index is 12.5. The molecule has 3 heterocycles. The Balaban J connectivity index is 1.69. The molecule has 4 rings (SSSR count). The lowest BCUT2D eigenvalue weighted by atomic mass is 9.86. The van der Waals surface area contributed by atoms with Crippen molar-refractivity contribution in [3.05, 3.63) is 53.4 Å². The topological polar surface area (TPSA) is 49.6 Å². The predicted molar refractivity (Wildman–Crippen MR) is 103 cm³/mol. The Kier molecular flexibility index (Phi) is 3.58. The number of rotatable bonds is 2. The molecule has 0 spiro atoms. The summed E-state index contributed by atoms with van der Waals surface area (Å²) in [5.74, 6) is 0.819. The Labute approximate surface area is 153 Å². The van der Waals surface area contributed by atoms with Crippen molar-refractivity contribution in [1.82, 2.24) is 10.1 Å². The molecule has 0 bridgehead atoms. The Morgan fingerprint density at radius 1 is 1.19 bits per heavy atom. The lowest BCUT2D eigenvalue weighted by Crippen LogP contribution is -2.33. The fraction of sp³-hybridized carbons (Fsp3) is 0.333. The molecule has 0 unspecified atom stereocenters. The molecular weight excluding hydrogens is 326 g/mol. The van der Waals surface area contributed by atoms with Crippen molar-refractivity contribution in [2.75, 3.05) is 25.5 Å². The minimum absolute atomic E-state index is 0.111. The minimum atomic E-state index is -0.490. The normalized spacial score (nSPS) is 18.7. The summed E-state index contributed by atoms with van der Waals surface area (Å²) in [5.41, 5.74) is 5.52. The number of allylic oxidation sites excluding steroid dienone is 3. The fourth-order valence-corrected chi connectivity index (χ4v) is 3.63. The SMILES string of the molecule is CC1=CC(c2cc(-c3ccc4c(c3)N(C)C(=O)C4(C)C)on2)=CCN1C. The molecule has 0 N–H and O–H groups in total. The van der Waals surface area contributed by atoms with Gasteiger partial charge >= 0.3 is 0 Å². The molecule has 2 aromatic rings. The molecule has 1 amide bonds. The predicted octanol–water partition coefficient (Wildman–Crippen LogP) is 3.83. The first-order valence-electron chi connectivity index (χ1n) is 8.79. The number of aromatic nitrogens is 1. The smallest absolute Gasteiger partial charge is 0.236 e. The molecule has 0 radical (unpaired) electrons. The zero-order valence-corrected chi connectivity index (χ0v) is 15.8. The van der Waals surface area contributed by atoms with Crippen LogP contribution >= 0.6 is 0 Å². The van der Waals surface area contributed by atoms with Gasteiger partial charge in [0.2, 0.25) is 5.91 Å². The Bertz CT molecular complexity index is 965. The van der Waals surface area contributed by atoms with Crippen molar-refractivity contribution in [3.8, 4) is 11.3 Å². The van der Waals surface area contributed by atoms with E-state index in [-0.39, 0.29) is 5.91 Å². The van der Waals surface area contributed by atoms with Gasteiger partial charge in [0.1, 0.15) is 5.69 Å². The van der Waals surface area contributed by atoms with Gasteiger partial charge in [-0.2, -0.15) is 0 Å². The van der Waals surface area contributed by atoms with Crippen LogP contribution in [0, 0.1) is 0 Å². The van der Waals surface area contributed by atoms with Crippen molar-refractivity contribution in [2.45, 2.75) is 26.2 Å². The summed E-state index contributed by atoms with van der Waals surface area (Å²) in [6, 6.07) is 8.00. The van der Waals surface area contributed by atoms with E-state index in [2.05, 4.69) is 36.2 Å². The number of amides is 1. The van der Waals surface area contributed by atoms with Crippen molar-refractivity contribution >= 4 is 17.2 Å². The molecule has 134 valence electrons. The Morgan fingerprint density at radius 3 is 2.69 bits per heavy atom. The molecule has 1 aromatic carbocycles. The van der Waals surface area contributed by atoms with Crippen molar-refractivity contribution in [1.29, 1.82) is 0 Å². The van der Waals surface area contributed by atoms with Gasteiger partial charge in [0.25, 0.3) is 0 Å². The number of likely N-dealkylation sites (N-methyl/N-ethyl adjacent to an activating group) is 2. The summed E-state index contributed by atoms with van der Waals surface area (Å²) in [6.45, 7) is 6.88. The number of fused-ring (bicyclic) bond motifs is 1. The van der Waals surface area contributed by atoms with Crippen LogP contribution < -0.4 is 4.90 Å². The summed E-state index contributed by atoms with van der Waals surface area (Å²) in [7, 11) is 3.89. The molecular formula is C21H23N3O2. The first-order valence-corrected chi connectivity index (χ1v) is 8.79. The average molecular weight is 349 g/mol. The van der Waals surface area contributed by atoms with Crippen LogP contribution in [0.2, 0.25) is 0 Å². The standard InChI is InChI=1S/C21H23N3O2/c1-13-10-14(8-9-23(13)4)17-12-19(26-22-17)15-6-7-16-18(11-15)24(5)20(25)21(16,2)3/h6-8,10-12H,9H2,1-5H3. The molecule has 1 aromatic heterocycles. The minimum Gasteiger partial charge on any atom is -0.374 e. The Morgan fingerprint density at radius 2 is 1.96 bits per heavy atom. The van der Waals surface area contributed by atoms with Crippen LogP contribution in [0.1, 0.15) is 32.0 Å². The van der Waals surface area contributed by atoms with E-state index in [1.807, 2.05) is 45.2 Å². The molecule has 0 saturated carbocycles. The molecule has 5 heteroatoms. The molecule has 26 heavy (non-hydrogen) atoms. The van der Waals surface area contributed by atoms with Gasteiger partial charge in [-0.15, -0.1) is 0 Å². The summed E-state index contributed by atoms with van der Waals surface area (Å²) in [4.78, 5) is 16.4. The van der Waals surface area contributed by atoms with E-state index in [1.54, 1.807) is 4.90 Å². The van der Waals surface area contributed by atoms with Crippen molar-refractivity contribution < 1.29 is 9.32 Å². The number of carbonyl (C=O) groups excluding carboxylic acids is 1. The highest BCUT2D eigenvalue weighted by molar-refractivity contribution is 6.07. The molecule has 5 nitrogen and oxygen atoms in total. The number of benzene rings is 1. The third kappa shape index (κ3) is 2.38. The molecule has 0 aliphatic carbocycles. The van der Waals surface area contributed by atoms with Gasteiger partial charge in [-0.25, -0.2) is 0 Å². The maximum atomic E-state index is 12.5. The van der Waals surface area contributed by atoms with E-state index in [4.69, 9.17) is 4.52 Å². The second kappa shape index (κ2) is 5.59. The molecule has 0 saturated heterocycles. The summed E-state index contributed by atoms with van der Waals surface area (Å²) < 4.78 is 5.60. The fourth-order valence-electron chi connectivity index (χ4n) is 3.63. The zero-order chi connectivity index (χ0) is 18.6. The maximum Gasteiger partial charge on any atom is 0.236 e. The van der Waals surface area contributed by atoms with Crippen LogP contribution in [0.15, 0.2) is 46.6 Å². The van der Waals surface area contributed by atoms with Crippen LogP contribution in [-0.2, 0) is 10.2 Å². The highest BCUT2D eigenvalue weighted by Crippen LogP contribution is 2.42. The van der Waals surface area contributed by atoms with Gasteiger partial charge in [0, 0.05) is 49.2 Å². The number of anilines is 1. The van der Waals surface area contributed by atoms with E-state index in [0.29, 0.717) is 5.76 Å². The van der Waals surface area contributed by atoms with Gasteiger partial charge in [0.05, 0.1) is 5.41 Å². The summed E-state index contributed by atoms with van der Waals surface area (Å²) in [5, 5.41) is 4.24. The first-order chi connectivity index (χ1) is 12.3. The number of carbonyl (C=O) groups is 1. The highest BCUT2D eigenvalue weighted by Gasteiger charge is 2.42. The van der Waals surface area contributed by atoms with Crippen LogP contribution in [0.5, 0.6) is 0 Å². The lowest BCUT2D eigenvalue weighted by molar-refractivity contribution is -0.121. The molecule has 2 aliphatic rings. The lowest BCUT2D eigenvalue weighted by Gasteiger charge is -2.22. The number of hydrogen-bond acceptors (Lipinski definition) is 4. The van der Waals surface area contributed by atoms with E-state index < -0.39 is 5.41 Å². The first kappa shape index (κ1) is 16.6. The average Bonchev–Trinajstić information content (AvgIpc) is 3.17. The van der Waals surface area contributed by atoms with Crippen LogP contribution in [0.4, 0.5) is 5.69 Å². The van der Waals surface area contributed by atoms with E-state index in [9.17, 15) is 4.79 Å². The molecule has 0 fully saturated rings. The van der Waals surface area contributed by atoms with Crippen LogP contribution in [0.3, 0.4) is 0 Å². The third-order valence-corrected chi connectivity index (χ3v) is 5.51. The van der Waals surface area contributed by atoms with Crippen LogP contribution in [0.25, 0.3) is 16.9 Å². The van der Waals surface area contributed by atoms with E-state index >= 15 is 0 Å². The zero-order valence-electron chi connectivity index (χ0n) is 15.8. The largest absolute Gasteiger partial charge is 0.374 e. The van der Waals surface area contributed by atoms with E-state index in [0.717, 1.165) is 34.6 Å². The monoisotopic (exact) mass is 349 g/mol. The van der Waals surface area contributed by atoms with Gasteiger partial charge in [-0.05, 0) is 38.5 Å². The van der Waals surface area contributed by atoms with Crippen molar-refractivity contribution in [3.63, 3.8) is 0 Å².